The highest BCUT2D eigenvalue weighted by molar-refractivity contribution is 7.98. The Balaban J connectivity index is 1.89. The fourth-order valence-electron chi connectivity index (χ4n) is 2.75. The van der Waals surface area contributed by atoms with Crippen LogP contribution in [0.15, 0.2) is 42.5 Å². The molecule has 0 aliphatic heterocycles. The second kappa shape index (κ2) is 11.3. The molecule has 176 valence electrons. The summed E-state index contributed by atoms with van der Waals surface area (Å²) in [5.41, 5.74) is 0.941. The Morgan fingerprint density at radius 2 is 1.81 bits per heavy atom. The van der Waals surface area contributed by atoms with Gasteiger partial charge in [0, 0.05) is 12.3 Å². The van der Waals surface area contributed by atoms with Crippen LogP contribution in [0.2, 0.25) is 5.02 Å². The third-order valence-electron chi connectivity index (χ3n) is 4.41. The molecule has 0 heterocycles. The molecule has 2 aromatic carbocycles. The van der Waals surface area contributed by atoms with Crippen molar-refractivity contribution in [3.63, 3.8) is 0 Å². The van der Waals surface area contributed by atoms with Crippen LogP contribution in [0.1, 0.15) is 23.1 Å². The van der Waals surface area contributed by atoms with Gasteiger partial charge in [-0.2, -0.15) is 24.9 Å². The van der Waals surface area contributed by atoms with Crippen LogP contribution in [0.4, 0.5) is 18.9 Å². The summed E-state index contributed by atoms with van der Waals surface area (Å²) in [6, 6.07) is 10.9. The molecule has 0 aliphatic carbocycles. The molecule has 0 bridgehead atoms. The summed E-state index contributed by atoms with van der Waals surface area (Å²) in [6.45, 7) is 1.71. The van der Waals surface area contributed by atoms with Gasteiger partial charge in [0.15, 0.2) is 0 Å². The van der Waals surface area contributed by atoms with Crippen LogP contribution < -0.4 is 9.62 Å². The number of rotatable bonds is 10. The number of amides is 1. The molecule has 1 amide bonds. The van der Waals surface area contributed by atoms with Crippen LogP contribution in [-0.4, -0.2) is 39.4 Å². The van der Waals surface area contributed by atoms with Gasteiger partial charge in [0.1, 0.15) is 6.54 Å². The molecule has 2 aromatic rings. The maximum Gasteiger partial charge on any atom is 0.417 e. The fourth-order valence-corrected chi connectivity index (χ4v) is 4.74. The number of anilines is 1. The zero-order chi connectivity index (χ0) is 23.9. The van der Waals surface area contributed by atoms with Crippen LogP contribution in [0.5, 0.6) is 0 Å². The quantitative estimate of drug-likeness (QED) is 0.465. The average molecular weight is 509 g/mol. The number of alkyl halides is 3. The molecule has 0 aliphatic rings. The van der Waals surface area contributed by atoms with Crippen molar-refractivity contribution in [3.8, 4) is 0 Å². The maximum absolute atomic E-state index is 13.1. The van der Waals surface area contributed by atoms with Crippen LogP contribution in [0.25, 0.3) is 0 Å². The van der Waals surface area contributed by atoms with Gasteiger partial charge in [-0.05, 0) is 42.9 Å². The van der Waals surface area contributed by atoms with Crippen LogP contribution in [0.3, 0.4) is 0 Å². The highest BCUT2D eigenvalue weighted by atomic mass is 35.5. The Labute approximate surface area is 195 Å². The number of nitrogens with zero attached hydrogens (tertiary/aromatic N) is 1. The van der Waals surface area contributed by atoms with Crippen molar-refractivity contribution < 1.29 is 26.4 Å². The van der Waals surface area contributed by atoms with Crippen molar-refractivity contribution in [3.05, 3.63) is 64.2 Å². The second-order valence-electron chi connectivity index (χ2n) is 7.17. The van der Waals surface area contributed by atoms with Gasteiger partial charge >= 0.3 is 6.18 Å². The molecule has 0 saturated heterocycles. The molecule has 0 atom stereocenters. The van der Waals surface area contributed by atoms with Crippen molar-refractivity contribution in [2.24, 2.45) is 0 Å². The molecule has 0 spiro atoms. The number of thioether (sulfide) groups is 1. The van der Waals surface area contributed by atoms with E-state index >= 15 is 0 Å². The number of aryl methyl sites for hydroxylation is 1. The summed E-state index contributed by atoms with van der Waals surface area (Å²) >= 11 is 7.30. The van der Waals surface area contributed by atoms with Gasteiger partial charge in [0.05, 0.1) is 22.5 Å². The van der Waals surface area contributed by atoms with E-state index in [1.165, 1.54) is 11.1 Å². The molecule has 11 heteroatoms. The number of benzene rings is 2. The molecule has 5 nitrogen and oxygen atoms in total. The molecular weight excluding hydrogens is 485 g/mol. The number of carbonyl (C=O) groups is 1. The van der Waals surface area contributed by atoms with Gasteiger partial charge < -0.3 is 5.32 Å². The predicted octanol–water partition coefficient (Wildman–Crippen LogP) is 4.87. The number of hydrogen-bond acceptors (Lipinski definition) is 4. The number of nitrogens with one attached hydrogen (secondary N) is 1. The molecule has 0 radical (unpaired) electrons. The normalized spacial score (nSPS) is 11.9. The van der Waals surface area contributed by atoms with Crippen LogP contribution >= 0.6 is 23.4 Å². The SMILES string of the molecule is Cc1ccc(CSCCCNC(=O)CN(c2ccc(Cl)c(C(F)(F)F)c2)S(C)(=O)=O)cc1. The molecule has 2 rings (SSSR count). The lowest BCUT2D eigenvalue weighted by Crippen LogP contribution is -2.40. The minimum atomic E-state index is -4.76. The monoisotopic (exact) mass is 508 g/mol. The highest BCUT2D eigenvalue weighted by Crippen LogP contribution is 2.37. The number of halogens is 4. The predicted molar refractivity (Wildman–Crippen MR) is 124 cm³/mol. The Kier molecular flexibility index (Phi) is 9.29. The molecule has 0 saturated carbocycles. The molecule has 0 aromatic heterocycles. The van der Waals surface area contributed by atoms with E-state index in [2.05, 4.69) is 17.4 Å². The summed E-state index contributed by atoms with van der Waals surface area (Å²) < 4.78 is 64.2. The number of hydrogen-bond donors (Lipinski definition) is 1. The number of sulfonamides is 1. The summed E-state index contributed by atoms with van der Waals surface area (Å²) in [4.78, 5) is 12.2. The van der Waals surface area contributed by atoms with E-state index in [4.69, 9.17) is 11.6 Å². The summed E-state index contributed by atoms with van der Waals surface area (Å²) in [5, 5.41) is 2.06. The van der Waals surface area contributed by atoms with E-state index in [1.807, 2.05) is 19.1 Å². The van der Waals surface area contributed by atoms with Crippen molar-refractivity contribution in [1.82, 2.24) is 5.32 Å². The van der Waals surface area contributed by atoms with Crippen molar-refractivity contribution in [2.45, 2.75) is 25.3 Å². The van der Waals surface area contributed by atoms with E-state index in [0.29, 0.717) is 23.3 Å². The minimum absolute atomic E-state index is 0.284. The van der Waals surface area contributed by atoms with Gasteiger partial charge in [-0.3, -0.25) is 9.10 Å². The van der Waals surface area contributed by atoms with Gasteiger partial charge in [-0.1, -0.05) is 41.4 Å². The molecule has 1 N–H and O–H groups in total. The molecule has 32 heavy (non-hydrogen) atoms. The molecule has 0 unspecified atom stereocenters. The first kappa shape index (κ1) is 26.3. The van der Waals surface area contributed by atoms with E-state index in [-0.39, 0.29) is 5.69 Å². The lowest BCUT2D eigenvalue weighted by atomic mass is 10.2. The van der Waals surface area contributed by atoms with Gasteiger partial charge in [0.25, 0.3) is 0 Å². The topological polar surface area (TPSA) is 66.5 Å². The second-order valence-corrected chi connectivity index (χ2v) is 10.6. The standard InChI is InChI=1S/C21H24ClF3N2O3S2/c1-15-4-6-16(7-5-15)14-31-11-3-10-26-20(28)13-27(32(2,29)30)17-8-9-19(22)18(12-17)21(23,24)25/h4-9,12H,3,10-11,13-14H2,1-2H3,(H,26,28). The molecular formula is C21H24ClF3N2O3S2. The highest BCUT2D eigenvalue weighted by Gasteiger charge is 2.34. The van der Waals surface area contributed by atoms with E-state index in [9.17, 15) is 26.4 Å². The zero-order valence-electron chi connectivity index (χ0n) is 17.6. The van der Waals surface area contributed by atoms with E-state index in [0.717, 1.165) is 29.9 Å². The number of carbonyl (C=O) groups excluding carboxylic acids is 1. The lowest BCUT2D eigenvalue weighted by molar-refractivity contribution is -0.137. The zero-order valence-corrected chi connectivity index (χ0v) is 20.0. The van der Waals surface area contributed by atoms with Crippen molar-refractivity contribution in [1.29, 1.82) is 0 Å². The maximum atomic E-state index is 13.1. The fraction of sp³-hybridized carbons (Fsp3) is 0.381. The average Bonchev–Trinajstić information content (AvgIpc) is 2.69. The van der Waals surface area contributed by atoms with Gasteiger partial charge in [-0.15, -0.1) is 0 Å². The largest absolute Gasteiger partial charge is 0.417 e. The first-order chi connectivity index (χ1) is 14.9. The lowest BCUT2D eigenvalue weighted by Gasteiger charge is -2.23. The smallest absolute Gasteiger partial charge is 0.354 e. The minimum Gasteiger partial charge on any atom is -0.354 e. The Morgan fingerprint density at radius 3 is 2.41 bits per heavy atom. The van der Waals surface area contributed by atoms with Crippen molar-refractivity contribution in [2.75, 3.05) is 29.4 Å². The Bertz CT molecular complexity index is 1030. The van der Waals surface area contributed by atoms with E-state index < -0.39 is 39.2 Å². The molecule has 0 fully saturated rings. The van der Waals surface area contributed by atoms with Crippen LogP contribution in [0, 0.1) is 6.92 Å². The summed E-state index contributed by atoms with van der Waals surface area (Å²) in [5.74, 6) is 1.02. The van der Waals surface area contributed by atoms with Crippen LogP contribution in [-0.2, 0) is 26.7 Å². The first-order valence-corrected chi connectivity index (χ1v) is 13.0. The van der Waals surface area contributed by atoms with E-state index in [1.54, 1.807) is 11.8 Å². The Hall–Kier alpha value is -1.91. The van der Waals surface area contributed by atoms with Crippen molar-refractivity contribution >= 4 is 45.0 Å². The third kappa shape index (κ3) is 8.22. The van der Waals surface area contributed by atoms with Gasteiger partial charge in [-0.25, -0.2) is 8.42 Å². The third-order valence-corrected chi connectivity index (χ3v) is 6.99. The summed E-state index contributed by atoms with van der Waals surface area (Å²) in [6.07, 6.45) is -3.26. The Morgan fingerprint density at radius 1 is 1.16 bits per heavy atom. The van der Waals surface area contributed by atoms with Gasteiger partial charge in [0.2, 0.25) is 15.9 Å². The first-order valence-electron chi connectivity index (χ1n) is 9.62. The summed E-state index contributed by atoms with van der Waals surface area (Å²) in [7, 11) is -4.00.